The lowest BCUT2D eigenvalue weighted by molar-refractivity contribution is 0.0697. The largest absolute Gasteiger partial charge is 0.478 e. The first-order chi connectivity index (χ1) is 9.11. The Morgan fingerprint density at radius 3 is 2.95 bits per heavy atom. The third-order valence-corrected chi connectivity index (χ3v) is 2.78. The third kappa shape index (κ3) is 2.92. The number of aryl methyl sites for hydroxylation is 1. The molecule has 19 heavy (non-hydrogen) atoms. The first kappa shape index (κ1) is 13.1. The topological polar surface area (TPSA) is 78.9 Å². The molecule has 0 radical (unpaired) electrons. The number of aromatic carboxylic acids is 1. The molecule has 1 aromatic carbocycles. The minimum Gasteiger partial charge on any atom is -0.478 e. The van der Waals surface area contributed by atoms with E-state index in [9.17, 15) is 9.90 Å². The summed E-state index contributed by atoms with van der Waals surface area (Å²) in [5, 5.41) is 22.4. The van der Waals surface area contributed by atoms with Crippen molar-refractivity contribution in [2.45, 2.75) is 13.0 Å². The van der Waals surface area contributed by atoms with Crippen molar-refractivity contribution < 1.29 is 9.90 Å². The smallest absolute Gasteiger partial charge is 0.339 e. The van der Waals surface area contributed by atoms with E-state index in [2.05, 4.69) is 5.10 Å². The van der Waals surface area contributed by atoms with Crippen molar-refractivity contribution in [1.29, 1.82) is 5.26 Å². The molecule has 96 valence electrons. The summed E-state index contributed by atoms with van der Waals surface area (Å²) in [6.45, 7) is 0.358. The molecule has 0 spiro atoms. The van der Waals surface area contributed by atoms with Crippen LogP contribution in [-0.2, 0) is 6.54 Å². The van der Waals surface area contributed by atoms with E-state index in [0.717, 1.165) is 0 Å². The van der Waals surface area contributed by atoms with Gasteiger partial charge in [-0.1, -0.05) is 23.7 Å². The van der Waals surface area contributed by atoms with Gasteiger partial charge in [0.1, 0.15) is 11.3 Å². The molecule has 6 heteroatoms. The minimum absolute atomic E-state index is 0.0974. The molecule has 2 aromatic rings. The maximum absolute atomic E-state index is 11.2. The number of hydrogen-bond acceptors (Lipinski definition) is 3. The summed E-state index contributed by atoms with van der Waals surface area (Å²) < 4.78 is 1.46. The highest BCUT2D eigenvalue weighted by molar-refractivity contribution is 6.30. The van der Waals surface area contributed by atoms with E-state index in [1.807, 2.05) is 6.07 Å². The van der Waals surface area contributed by atoms with Crippen molar-refractivity contribution in [3.63, 3.8) is 0 Å². The van der Waals surface area contributed by atoms with Crippen LogP contribution in [0.15, 0.2) is 30.5 Å². The molecular weight excluding hydrogens is 266 g/mol. The predicted octanol–water partition coefficient (Wildman–Crippen LogP) is 2.82. The Morgan fingerprint density at radius 2 is 2.32 bits per heavy atom. The Hall–Kier alpha value is -2.32. The van der Waals surface area contributed by atoms with Gasteiger partial charge in [-0.05, 0) is 12.1 Å². The average Bonchev–Trinajstić information content (AvgIpc) is 2.80. The fraction of sp³-hybridized carbons (Fsp3) is 0.154. The van der Waals surface area contributed by atoms with Gasteiger partial charge in [-0.3, -0.25) is 4.68 Å². The lowest BCUT2D eigenvalue weighted by Crippen LogP contribution is -1.97. The summed E-state index contributed by atoms with van der Waals surface area (Å²) in [5.41, 5.74) is 1.09. The Balaban J connectivity index is 2.46. The molecule has 0 aliphatic heterocycles. The molecule has 0 fully saturated rings. The number of carbonyl (C=O) groups is 1. The van der Waals surface area contributed by atoms with Crippen molar-refractivity contribution in [3.8, 4) is 17.3 Å². The molecule has 0 bridgehead atoms. The summed E-state index contributed by atoms with van der Waals surface area (Å²) in [5.74, 6) is -1.06. The number of halogens is 1. The second kappa shape index (κ2) is 5.55. The van der Waals surface area contributed by atoms with E-state index in [0.29, 0.717) is 22.8 Å². The van der Waals surface area contributed by atoms with Gasteiger partial charge in [-0.25, -0.2) is 4.79 Å². The standard InChI is InChI=1S/C13H10ClN3O2/c14-10-4-1-3-9(7-10)12-11(13(18)19)8-17(16-12)6-2-5-15/h1,3-4,7-8H,2,6H2,(H,18,19). The van der Waals surface area contributed by atoms with E-state index in [-0.39, 0.29) is 12.0 Å². The summed E-state index contributed by atoms with van der Waals surface area (Å²) in [6, 6.07) is 8.84. The Labute approximate surface area is 114 Å². The molecule has 0 saturated carbocycles. The van der Waals surface area contributed by atoms with Gasteiger partial charge in [-0.15, -0.1) is 0 Å². The van der Waals surface area contributed by atoms with Gasteiger partial charge in [0.05, 0.1) is 19.0 Å². The van der Waals surface area contributed by atoms with Crippen LogP contribution in [0, 0.1) is 11.3 Å². The highest BCUT2D eigenvalue weighted by Crippen LogP contribution is 2.24. The first-order valence-electron chi connectivity index (χ1n) is 5.55. The van der Waals surface area contributed by atoms with Crippen LogP contribution in [-0.4, -0.2) is 20.9 Å². The molecule has 0 saturated heterocycles. The molecule has 1 heterocycles. The monoisotopic (exact) mass is 275 g/mol. The van der Waals surface area contributed by atoms with Crippen LogP contribution in [0.3, 0.4) is 0 Å². The van der Waals surface area contributed by atoms with Gasteiger partial charge >= 0.3 is 5.97 Å². The zero-order chi connectivity index (χ0) is 13.8. The summed E-state index contributed by atoms with van der Waals surface area (Å²) in [6.07, 6.45) is 1.70. The van der Waals surface area contributed by atoms with Gasteiger partial charge in [0.25, 0.3) is 0 Å². The van der Waals surface area contributed by atoms with Crippen molar-refractivity contribution in [1.82, 2.24) is 9.78 Å². The van der Waals surface area contributed by atoms with Gasteiger partial charge in [-0.2, -0.15) is 10.4 Å². The number of rotatable bonds is 4. The molecule has 0 aliphatic carbocycles. The van der Waals surface area contributed by atoms with Gasteiger partial charge in [0, 0.05) is 16.8 Å². The average molecular weight is 276 g/mol. The Bertz CT molecular complexity index is 658. The van der Waals surface area contributed by atoms with Crippen LogP contribution >= 0.6 is 11.6 Å². The Morgan fingerprint density at radius 1 is 1.53 bits per heavy atom. The number of carboxylic acids is 1. The molecule has 0 unspecified atom stereocenters. The van der Waals surface area contributed by atoms with Crippen LogP contribution < -0.4 is 0 Å². The number of nitrogens with zero attached hydrogens (tertiary/aromatic N) is 3. The summed E-state index contributed by atoms with van der Waals surface area (Å²) >= 11 is 5.89. The fourth-order valence-corrected chi connectivity index (χ4v) is 1.90. The van der Waals surface area contributed by atoms with Crippen molar-refractivity contribution >= 4 is 17.6 Å². The van der Waals surface area contributed by atoms with E-state index < -0.39 is 5.97 Å². The zero-order valence-electron chi connectivity index (χ0n) is 9.88. The molecule has 0 amide bonds. The highest BCUT2D eigenvalue weighted by Gasteiger charge is 2.17. The lowest BCUT2D eigenvalue weighted by Gasteiger charge is -1.99. The molecular formula is C13H10ClN3O2. The normalized spacial score (nSPS) is 10.1. The number of hydrogen-bond donors (Lipinski definition) is 1. The summed E-state index contributed by atoms with van der Waals surface area (Å²) in [7, 11) is 0. The van der Waals surface area contributed by atoms with E-state index in [1.165, 1.54) is 10.9 Å². The van der Waals surface area contributed by atoms with Gasteiger partial charge in [0.15, 0.2) is 0 Å². The molecule has 1 aromatic heterocycles. The third-order valence-electron chi connectivity index (χ3n) is 2.54. The van der Waals surface area contributed by atoms with E-state index in [4.69, 9.17) is 16.9 Å². The maximum atomic E-state index is 11.2. The maximum Gasteiger partial charge on any atom is 0.339 e. The van der Waals surface area contributed by atoms with Crippen molar-refractivity contribution in [2.75, 3.05) is 0 Å². The minimum atomic E-state index is -1.06. The predicted molar refractivity (Wildman–Crippen MR) is 69.9 cm³/mol. The quantitative estimate of drug-likeness (QED) is 0.930. The van der Waals surface area contributed by atoms with Crippen molar-refractivity contribution in [3.05, 3.63) is 41.0 Å². The van der Waals surface area contributed by atoms with Crippen LogP contribution in [0.2, 0.25) is 5.02 Å². The second-order valence-electron chi connectivity index (χ2n) is 3.88. The number of nitriles is 1. The molecule has 0 aliphatic rings. The second-order valence-corrected chi connectivity index (χ2v) is 4.31. The van der Waals surface area contributed by atoms with Crippen molar-refractivity contribution in [2.24, 2.45) is 0 Å². The SMILES string of the molecule is N#CCCn1cc(C(=O)O)c(-c2cccc(Cl)c2)n1. The molecule has 2 rings (SSSR count). The van der Waals surface area contributed by atoms with Crippen LogP contribution in [0.4, 0.5) is 0 Å². The molecule has 0 atom stereocenters. The zero-order valence-corrected chi connectivity index (χ0v) is 10.6. The van der Waals surface area contributed by atoms with Gasteiger partial charge in [0.2, 0.25) is 0 Å². The first-order valence-corrected chi connectivity index (χ1v) is 5.93. The van der Waals surface area contributed by atoms with Crippen LogP contribution in [0.5, 0.6) is 0 Å². The highest BCUT2D eigenvalue weighted by atomic mass is 35.5. The summed E-state index contributed by atoms with van der Waals surface area (Å²) in [4.78, 5) is 11.2. The van der Waals surface area contributed by atoms with Crippen LogP contribution in [0.25, 0.3) is 11.3 Å². The number of carboxylic acid groups (broad SMARTS) is 1. The Kier molecular flexibility index (Phi) is 3.83. The van der Waals surface area contributed by atoms with E-state index in [1.54, 1.807) is 24.3 Å². The lowest BCUT2D eigenvalue weighted by atomic mass is 10.1. The molecule has 5 nitrogen and oxygen atoms in total. The molecule has 1 N–H and O–H groups in total. The number of benzene rings is 1. The fourth-order valence-electron chi connectivity index (χ4n) is 1.71. The van der Waals surface area contributed by atoms with Crippen LogP contribution in [0.1, 0.15) is 16.8 Å². The van der Waals surface area contributed by atoms with E-state index >= 15 is 0 Å². The number of aromatic nitrogens is 2. The van der Waals surface area contributed by atoms with Gasteiger partial charge < -0.3 is 5.11 Å².